The van der Waals surface area contributed by atoms with Gasteiger partial charge in [0.2, 0.25) is 11.8 Å². The summed E-state index contributed by atoms with van der Waals surface area (Å²) in [6, 6.07) is 32.6. The summed E-state index contributed by atoms with van der Waals surface area (Å²) in [7, 11) is 0. The van der Waals surface area contributed by atoms with Crippen LogP contribution in [0.3, 0.4) is 0 Å². The van der Waals surface area contributed by atoms with E-state index in [0.29, 0.717) is 11.8 Å². The van der Waals surface area contributed by atoms with Crippen LogP contribution in [0.25, 0.3) is 11.1 Å². The molecule has 5 aromatic rings. The molecule has 0 atom stereocenters. The summed E-state index contributed by atoms with van der Waals surface area (Å²) >= 11 is 0. The lowest BCUT2D eigenvalue weighted by molar-refractivity contribution is 0.457. The van der Waals surface area contributed by atoms with Crippen LogP contribution < -0.4 is 9.47 Å². The van der Waals surface area contributed by atoms with Gasteiger partial charge in [0.05, 0.1) is 0 Å². The molecule has 6 rings (SSSR count). The Morgan fingerprint density at radius 1 is 0.571 bits per heavy atom. The first kappa shape index (κ1) is 21.1. The molecule has 0 saturated heterocycles. The molecule has 0 spiro atoms. The number of nitrogens with zero attached hydrogens (tertiary/aromatic N) is 2. The maximum atomic E-state index is 6.24. The minimum Gasteiger partial charge on any atom is -0.439 e. The van der Waals surface area contributed by atoms with Gasteiger partial charge in [-0.2, -0.15) is 0 Å². The fourth-order valence-corrected chi connectivity index (χ4v) is 4.71. The maximum Gasteiger partial charge on any atom is 0.219 e. The van der Waals surface area contributed by atoms with Crippen molar-refractivity contribution in [2.75, 3.05) is 0 Å². The topological polar surface area (TPSA) is 44.2 Å². The van der Waals surface area contributed by atoms with E-state index in [-0.39, 0.29) is 0 Å². The Hall–Kier alpha value is -4.44. The molecule has 3 aromatic carbocycles. The molecule has 170 valence electrons. The van der Waals surface area contributed by atoms with E-state index in [1.165, 1.54) is 27.8 Å². The molecule has 0 N–H and O–H groups in total. The molecule has 35 heavy (non-hydrogen) atoms. The molecular formula is C31H24N2O2. The molecule has 1 aliphatic carbocycles. The third kappa shape index (κ3) is 4.51. The second-order valence-electron chi connectivity index (χ2n) is 8.58. The van der Waals surface area contributed by atoms with Crippen LogP contribution in [0.2, 0.25) is 0 Å². The fourth-order valence-electron chi connectivity index (χ4n) is 4.71. The summed E-state index contributed by atoms with van der Waals surface area (Å²) in [6.07, 6.45) is 6.26. The van der Waals surface area contributed by atoms with E-state index in [1.54, 1.807) is 12.4 Å². The molecule has 0 saturated carbocycles. The van der Waals surface area contributed by atoms with Gasteiger partial charge in [-0.3, -0.25) is 0 Å². The van der Waals surface area contributed by atoms with Crippen LogP contribution in [0.4, 0.5) is 0 Å². The molecule has 0 fully saturated rings. The third-order valence-electron chi connectivity index (χ3n) is 6.38. The van der Waals surface area contributed by atoms with E-state index in [1.807, 2.05) is 54.6 Å². The SMILES string of the molecule is c1ccc(Oc2cccc(-c3cccc4c3Cc3c(cccc3Oc3ccccn3)CC4)c2)nc1. The predicted molar refractivity (Wildman–Crippen MR) is 137 cm³/mol. The van der Waals surface area contributed by atoms with Crippen LogP contribution in [0.1, 0.15) is 22.3 Å². The molecule has 2 aromatic heterocycles. The second kappa shape index (κ2) is 9.43. The number of fused-ring (bicyclic) bond motifs is 2. The third-order valence-corrected chi connectivity index (χ3v) is 6.38. The van der Waals surface area contributed by atoms with Crippen molar-refractivity contribution in [1.82, 2.24) is 9.97 Å². The van der Waals surface area contributed by atoms with Crippen LogP contribution in [-0.4, -0.2) is 9.97 Å². The Balaban J connectivity index is 1.38. The van der Waals surface area contributed by atoms with E-state index in [9.17, 15) is 0 Å². The smallest absolute Gasteiger partial charge is 0.219 e. The maximum absolute atomic E-state index is 6.24. The van der Waals surface area contributed by atoms with Crippen LogP contribution in [-0.2, 0) is 19.3 Å². The molecule has 4 nitrogen and oxygen atoms in total. The zero-order chi connectivity index (χ0) is 23.5. The van der Waals surface area contributed by atoms with Crippen LogP contribution in [0.5, 0.6) is 23.3 Å². The van der Waals surface area contributed by atoms with Crippen molar-refractivity contribution in [2.45, 2.75) is 19.3 Å². The minimum atomic E-state index is 0.585. The standard InChI is InChI=1S/C31H24N2O2/c1-3-18-32-30(14-1)34-25-11-5-10-24(20-25)26-12-6-8-22-16-17-23-9-7-13-29(28(23)21-27(22)26)35-31-15-2-4-19-33-31/h1-15,18-20H,16-17,21H2. The first-order valence-electron chi connectivity index (χ1n) is 11.8. The highest BCUT2D eigenvalue weighted by atomic mass is 16.5. The quantitative estimate of drug-likeness (QED) is 0.276. The van der Waals surface area contributed by atoms with Gasteiger partial charge in [0.15, 0.2) is 0 Å². The number of ether oxygens (including phenoxy) is 2. The second-order valence-corrected chi connectivity index (χ2v) is 8.58. The average Bonchev–Trinajstić information content (AvgIpc) is 3.10. The Morgan fingerprint density at radius 3 is 2.00 bits per heavy atom. The lowest BCUT2D eigenvalue weighted by Gasteiger charge is -2.16. The van der Waals surface area contributed by atoms with Gasteiger partial charge in [0, 0.05) is 36.5 Å². The highest BCUT2D eigenvalue weighted by Crippen LogP contribution is 2.38. The van der Waals surface area contributed by atoms with Gasteiger partial charge in [-0.15, -0.1) is 0 Å². The van der Waals surface area contributed by atoms with Crippen LogP contribution in [0.15, 0.2) is 109 Å². The molecule has 0 aliphatic heterocycles. The molecule has 0 amide bonds. The van der Waals surface area contributed by atoms with E-state index in [2.05, 4.69) is 52.4 Å². The van der Waals surface area contributed by atoms with Gasteiger partial charge < -0.3 is 9.47 Å². The van der Waals surface area contributed by atoms with Crippen LogP contribution >= 0.6 is 0 Å². The van der Waals surface area contributed by atoms with E-state index < -0.39 is 0 Å². The number of rotatable bonds is 5. The van der Waals surface area contributed by atoms with Crippen molar-refractivity contribution in [3.8, 4) is 34.4 Å². The summed E-state index contributed by atoms with van der Waals surface area (Å²) in [5.74, 6) is 2.84. The molecule has 0 radical (unpaired) electrons. The monoisotopic (exact) mass is 456 g/mol. The van der Waals surface area contributed by atoms with Crippen molar-refractivity contribution in [3.05, 3.63) is 132 Å². The number of hydrogen-bond donors (Lipinski definition) is 0. The van der Waals surface area contributed by atoms with Gasteiger partial charge in [-0.25, -0.2) is 9.97 Å². The first-order valence-corrected chi connectivity index (χ1v) is 11.8. The lowest BCUT2D eigenvalue weighted by atomic mass is 9.91. The Labute approximate surface area is 204 Å². The zero-order valence-corrected chi connectivity index (χ0v) is 19.2. The first-order chi connectivity index (χ1) is 17.3. The van der Waals surface area contributed by atoms with Crippen molar-refractivity contribution < 1.29 is 9.47 Å². The van der Waals surface area contributed by atoms with Gasteiger partial charge in [-0.05, 0) is 71.0 Å². The molecule has 2 heterocycles. The molecule has 0 bridgehead atoms. The Kier molecular flexibility index (Phi) is 5.69. The average molecular weight is 457 g/mol. The summed E-state index contributed by atoms with van der Waals surface area (Å²) in [6.45, 7) is 0. The van der Waals surface area contributed by atoms with E-state index in [4.69, 9.17) is 9.47 Å². The van der Waals surface area contributed by atoms with Gasteiger partial charge >= 0.3 is 0 Å². The predicted octanol–water partition coefficient (Wildman–Crippen LogP) is 7.42. The van der Waals surface area contributed by atoms with Crippen LogP contribution in [0, 0.1) is 0 Å². The summed E-state index contributed by atoms with van der Waals surface area (Å²) in [5.41, 5.74) is 7.60. The Morgan fingerprint density at radius 2 is 1.26 bits per heavy atom. The van der Waals surface area contributed by atoms with Crippen molar-refractivity contribution in [1.29, 1.82) is 0 Å². The number of aryl methyl sites for hydroxylation is 2. The Bertz CT molecular complexity index is 1470. The number of pyridine rings is 2. The highest BCUT2D eigenvalue weighted by Gasteiger charge is 2.20. The number of benzene rings is 3. The van der Waals surface area contributed by atoms with Gasteiger partial charge in [0.25, 0.3) is 0 Å². The minimum absolute atomic E-state index is 0.585. The van der Waals surface area contributed by atoms with Crippen molar-refractivity contribution in [2.24, 2.45) is 0 Å². The number of aromatic nitrogens is 2. The summed E-state index contributed by atoms with van der Waals surface area (Å²) < 4.78 is 12.3. The molecule has 0 unspecified atom stereocenters. The lowest BCUT2D eigenvalue weighted by Crippen LogP contribution is -1.99. The fraction of sp³-hybridized carbons (Fsp3) is 0.0968. The van der Waals surface area contributed by atoms with E-state index in [0.717, 1.165) is 36.3 Å². The van der Waals surface area contributed by atoms with Gasteiger partial charge in [0.1, 0.15) is 11.5 Å². The number of hydrogen-bond acceptors (Lipinski definition) is 4. The molecular weight excluding hydrogens is 432 g/mol. The van der Waals surface area contributed by atoms with Gasteiger partial charge in [-0.1, -0.05) is 54.6 Å². The van der Waals surface area contributed by atoms with E-state index >= 15 is 0 Å². The zero-order valence-electron chi connectivity index (χ0n) is 19.2. The largest absolute Gasteiger partial charge is 0.439 e. The summed E-state index contributed by atoms with van der Waals surface area (Å²) in [5, 5.41) is 0. The normalized spacial score (nSPS) is 12.2. The van der Waals surface area contributed by atoms with Crippen molar-refractivity contribution in [3.63, 3.8) is 0 Å². The summed E-state index contributed by atoms with van der Waals surface area (Å²) in [4.78, 5) is 8.65. The molecule has 1 aliphatic rings. The highest BCUT2D eigenvalue weighted by molar-refractivity contribution is 5.71. The van der Waals surface area contributed by atoms with Crippen molar-refractivity contribution >= 4 is 0 Å². The molecule has 4 heteroatoms.